The van der Waals surface area contributed by atoms with Crippen molar-refractivity contribution in [1.82, 2.24) is 10.2 Å². The second kappa shape index (κ2) is 8.21. The summed E-state index contributed by atoms with van der Waals surface area (Å²) in [5.74, 6) is 0.0617. The van der Waals surface area contributed by atoms with Crippen LogP contribution in [0.5, 0.6) is 5.75 Å². The van der Waals surface area contributed by atoms with Gasteiger partial charge in [-0.25, -0.2) is 9.59 Å². The lowest BCUT2D eigenvalue weighted by atomic mass is 10.1. The molecule has 0 aliphatic carbocycles. The van der Waals surface area contributed by atoms with E-state index in [0.29, 0.717) is 28.1 Å². The molecule has 7 nitrogen and oxygen atoms in total. The van der Waals surface area contributed by atoms with E-state index in [1.165, 1.54) is 11.3 Å². The Morgan fingerprint density at radius 3 is 2.46 bits per heavy atom. The van der Waals surface area contributed by atoms with Gasteiger partial charge in [0.15, 0.2) is 0 Å². The number of carbonyl (C=O) groups excluding carboxylic acids is 2. The number of hydrogen-bond acceptors (Lipinski definition) is 7. The first-order valence-corrected chi connectivity index (χ1v) is 8.62. The minimum atomic E-state index is -0.642. The third-order valence-electron chi connectivity index (χ3n) is 3.23. The number of carbonyl (C=O) groups is 2. The van der Waals surface area contributed by atoms with Crippen LogP contribution in [0.4, 0.5) is 9.93 Å². The molecule has 2 aromatic carbocycles. The van der Waals surface area contributed by atoms with E-state index in [9.17, 15) is 9.59 Å². The summed E-state index contributed by atoms with van der Waals surface area (Å²) in [7, 11) is 0. The molecular formula is C18H15N3O4S. The monoisotopic (exact) mass is 369 g/mol. The van der Waals surface area contributed by atoms with E-state index in [1.807, 2.05) is 6.07 Å². The lowest BCUT2D eigenvalue weighted by Gasteiger charge is -2.03. The minimum Gasteiger partial charge on any atom is -0.462 e. The maximum atomic E-state index is 11.9. The number of rotatable bonds is 5. The molecule has 0 fully saturated rings. The quantitative estimate of drug-likeness (QED) is 0.684. The van der Waals surface area contributed by atoms with Crippen LogP contribution in [0.1, 0.15) is 17.3 Å². The number of esters is 1. The highest BCUT2D eigenvalue weighted by molar-refractivity contribution is 7.18. The van der Waals surface area contributed by atoms with Crippen molar-refractivity contribution in [3.8, 4) is 16.3 Å². The highest BCUT2D eigenvalue weighted by atomic mass is 32.1. The van der Waals surface area contributed by atoms with Crippen LogP contribution in [0.15, 0.2) is 54.6 Å². The van der Waals surface area contributed by atoms with E-state index in [2.05, 4.69) is 15.5 Å². The fourth-order valence-electron chi connectivity index (χ4n) is 2.06. The van der Waals surface area contributed by atoms with Crippen molar-refractivity contribution in [2.24, 2.45) is 0 Å². The lowest BCUT2D eigenvalue weighted by molar-refractivity contribution is 0.0526. The first-order valence-electron chi connectivity index (χ1n) is 7.80. The number of ether oxygens (including phenoxy) is 2. The molecular weight excluding hydrogens is 354 g/mol. The van der Waals surface area contributed by atoms with Gasteiger partial charge < -0.3 is 9.47 Å². The fourth-order valence-corrected chi connectivity index (χ4v) is 2.80. The Morgan fingerprint density at radius 2 is 1.77 bits per heavy atom. The molecule has 0 unspecified atom stereocenters. The molecule has 0 aliphatic heterocycles. The number of nitrogens with one attached hydrogen (secondary N) is 1. The van der Waals surface area contributed by atoms with Gasteiger partial charge in [0, 0.05) is 5.56 Å². The predicted octanol–water partition coefficient (Wildman–Crippen LogP) is 3.99. The summed E-state index contributed by atoms with van der Waals surface area (Å²) in [5.41, 5.74) is 1.24. The van der Waals surface area contributed by atoms with E-state index in [0.717, 1.165) is 5.56 Å². The molecule has 1 aromatic heterocycles. The van der Waals surface area contributed by atoms with Gasteiger partial charge in [-0.3, -0.25) is 5.32 Å². The van der Waals surface area contributed by atoms with E-state index >= 15 is 0 Å². The maximum Gasteiger partial charge on any atom is 0.418 e. The molecule has 0 saturated carbocycles. The van der Waals surface area contributed by atoms with Crippen molar-refractivity contribution in [3.63, 3.8) is 0 Å². The summed E-state index contributed by atoms with van der Waals surface area (Å²) in [6, 6.07) is 15.5. The van der Waals surface area contributed by atoms with Crippen LogP contribution in [-0.4, -0.2) is 28.9 Å². The fraction of sp³-hybridized carbons (Fsp3) is 0.111. The molecule has 1 amide bonds. The van der Waals surface area contributed by atoms with Crippen LogP contribution in [0.25, 0.3) is 10.6 Å². The molecule has 3 rings (SSSR count). The van der Waals surface area contributed by atoms with Crippen LogP contribution >= 0.6 is 11.3 Å². The SMILES string of the molecule is CCOC(=O)c1ccc(-c2nnc(NC(=O)Oc3ccccc3)s2)cc1. The number of nitrogens with zero attached hydrogens (tertiary/aromatic N) is 2. The summed E-state index contributed by atoms with van der Waals surface area (Å²) >= 11 is 1.20. The van der Waals surface area contributed by atoms with Gasteiger partial charge in [0.25, 0.3) is 0 Å². The van der Waals surface area contributed by atoms with Gasteiger partial charge in [-0.2, -0.15) is 0 Å². The zero-order chi connectivity index (χ0) is 18.4. The van der Waals surface area contributed by atoms with Crippen LogP contribution in [-0.2, 0) is 4.74 Å². The van der Waals surface area contributed by atoms with Gasteiger partial charge in [0.1, 0.15) is 10.8 Å². The standard InChI is InChI=1S/C18H15N3O4S/c1-2-24-16(22)13-10-8-12(9-11-13)15-20-21-17(26-15)19-18(23)25-14-6-4-3-5-7-14/h3-11H,2H2,1H3,(H,19,21,23). The molecule has 8 heteroatoms. The number of anilines is 1. The topological polar surface area (TPSA) is 90.4 Å². The number of benzene rings is 2. The van der Waals surface area contributed by atoms with Gasteiger partial charge in [-0.15, -0.1) is 10.2 Å². The van der Waals surface area contributed by atoms with Crippen LogP contribution in [0.2, 0.25) is 0 Å². The molecule has 1 N–H and O–H groups in total. The number of hydrogen-bond donors (Lipinski definition) is 1. The average molecular weight is 369 g/mol. The molecule has 1 heterocycles. The Kier molecular flexibility index (Phi) is 5.55. The zero-order valence-electron chi connectivity index (χ0n) is 13.8. The molecule has 132 valence electrons. The van der Waals surface area contributed by atoms with Crippen LogP contribution < -0.4 is 10.1 Å². The minimum absolute atomic E-state index is 0.315. The molecule has 0 bridgehead atoms. The Balaban J connectivity index is 1.64. The van der Waals surface area contributed by atoms with Crippen LogP contribution in [0, 0.1) is 0 Å². The Labute approximate surface area is 153 Å². The highest BCUT2D eigenvalue weighted by Gasteiger charge is 2.12. The Morgan fingerprint density at radius 1 is 1.04 bits per heavy atom. The van der Waals surface area contributed by atoms with Crippen molar-refractivity contribution in [2.45, 2.75) is 6.92 Å². The lowest BCUT2D eigenvalue weighted by Crippen LogP contribution is -2.16. The molecule has 0 saturated heterocycles. The number of para-hydroxylation sites is 1. The van der Waals surface area contributed by atoms with Gasteiger partial charge in [-0.05, 0) is 31.2 Å². The van der Waals surface area contributed by atoms with Gasteiger partial charge in [0.05, 0.1) is 12.2 Å². The third-order valence-corrected chi connectivity index (χ3v) is 4.12. The molecule has 0 atom stereocenters. The summed E-state index contributed by atoms with van der Waals surface area (Å²) in [4.78, 5) is 23.5. The number of amides is 1. The normalized spacial score (nSPS) is 10.2. The zero-order valence-corrected chi connectivity index (χ0v) is 14.7. The van der Waals surface area contributed by atoms with Crippen molar-refractivity contribution in [2.75, 3.05) is 11.9 Å². The summed E-state index contributed by atoms with van der Waals surface area (Å²) in [5, 5.41) is 11.4. The van der Waals surface area contributed by atoms with E-state index < -0.39 is 6.09 Å². The van der Waals surface area contributed by atoms with Crippen molar-refractivity contribution in [3.05, 3.63) is 60.2 Å². The van der Waals surface area contributed by atoms with E-state index in [4.69, 9.17) is 9.47 Å². The van der Waals surface area contributed by atoms with E-state index in [1.54, 1.807) is 55.5 Å². The molecule has 0 aliphatic rings. The molecule has 3 aromatic rings. The van der Waals surface area contributed by atoms with Crippen molar-refractivity contribution < 1.29 is 19.1 Å². The van der Waals surface area contributed by atoms with Crippen LogP contribution in [0.3, 0.4) is 0 Å². The second-order valence-corrected chi connectivity index (χ2v) is 6.02. The Bertz CT molecular complexity index is 894. The summed E-state index contributed by atoms with van der Waals surface area (Å²) < 4.78 is 10.1. The van der Waals surface area contributed by atoms with Crippen molar-refractivity contribution >= 4 is 28.5 Å². The van der Waals surface area contributed by atoms with E-state index in [-0.39, 0.29) is 5.97 Å². The first kappa shape index (κ1) is 17.6. The average Bonchev–Trinajstić information content (AvgIpc) is 3.11. The van der Waals surface area contributed by atoms with Gasteiger partial charge >= 0.3 is 12.1 Å². The molecule has 26 heavy (non-hydrogen) atoms. The highest BCUT2D eigenvalue weighted by Crippen LogP contribution is 2.26. The Hall–Kier alpha value is -3.26. The third kappa shape index (κ3) is 4.42. The van der Waals surface area contributed by atoms with Gasteiger partial charge in [0.2, 0.25) is 5.13 Å². The molecule has 0 radical (unpaired) electrons. The maximum absolute atomic E-state index is 11.9. The second-order valence-electron chi connectivity index (χ2n) is 5.04. The first-order chi connectivity index (χ1) is 12.7. The molecule has 0 spiro atoms. The number of aromatic nitrogens is 2. The summed E-state index contributed by atoms with van der Waals surface area (Å²) in [6.45, 7) is 2.08. The van der Waals surface area contributed by atoms with Gasteiger partial charge in [-0.1, -0.05) is 41.7 Å². The summed E-state index contributed by atoms with van der Waals surface area (Å²) in [6.07, 6.45) is -0.642. The predicted molar refractivity (Wildman–Crippen MR) is 97.4 cm³/mol. The smallest absolute Gasteiger partial charge is 0.418 e. The van der Waals surface area contributed by atoms with Crippen molar-refractivity contribution in [1.29, 1.82) is 0 Å². The largest absolute Gasteiger partial charge is 0.462 e.